The molecule has 2 aromatic rings. The van der Waals surface area contributed by atoms with Gasteiger partial charge in [0.15, 0.2) is 0 Å². The maximum atomic E-state index is 6.20. The number of rotatable bonds is 1. The molecule has 0 amide bonds. The Morgan fingerprint density at radius 2 is 2.11 bits per heavy atom. The fraction of sp³-hybridized carbons (Fsp3) is 0.400. The average molecular weight is 261 g/mol. The van der Waals surface area contributed by atoms with Gasteiger partial charge in [0.1, 0.15) is 0 Å². The number of nitrogens with zero attached hydrogens (tertiary/aromatic N) is 1. The van der Waals surface area contributed by atoms with Gasteiger partial charge < -0.3 is 5.73 Å². The van der Waals surface area contributed by atoms with Crippen molar-refractivity contribution in [1.82, 2.24) is 4.98 Å². The number of benzene rings is 1. The molecule has 0 saturated heterocycles. The first kappa shape index (κ1) is 11.9. The zero-order valence-electron chi connectivity index (χ0n) is 10.8. The van der Waals surface area contributed by atoms with Crippen molar-refractivity contribution in [3.63, 3.8) is 0 Å². The van der Waals surface area contributed by atoms with Crippen molar-refractivity contribution in [3.8, 4) is 0 Å². The van der Waals surface area contributed by atoms with Crippen molar-refractivity contribution in [3.05, 3.63) is 39.5 Å². The zero-order valence-corrected chi connectivity index (χ0v) is 11.5. The Kier molecular flexibility index (Phi) is 2.80. The van der Waals surface area contributed by atoms with Gasteiger partial charge >= 0.3 is 0 Å². The molecule has 1 aliphatic rings. The fourth-order valence-electron chi connectivity index (χ4n) is 3.00. The molecule has 1 unspecified atom stereocenters. The Hall–Kier alpha value is -1.12. The molecule has 94 valence electrons. The third-order valence-electron chi connectivity index (χ3n) is 3.87. The Labute approximate surface area is 112 Å². The van der Waals surface area contributed by atoms with E-state index in [-0.39, 0.29) is 6.04 Å². The Bertz CT molecular complexity index is 632. The molecule has 2 N–H and O–H groups in total. The van der Waals surface area contributed by atoms with Gasteiger partial charge in [0.2, 0.25) is 0 Å². The van der Waals surface area contributed by atoms with E-state index in [2.05, 4.69) is 13.0 Å². The Morgan fingerprint density at radius 1 is 1.33 bits per heavy atom. The van der Waals surface area contributed by atoms with E-state index in [0.29, 0.717) is 0 Å². The van der Waals surface area contributed by atoms with E-state index in [0.717, 1.165) is 28.9 Å². The van der Waals surface area contributed by atoms with Crippen LogP contribution in [-0.2, 0) is 12.8 Å². The number of nitrogens with two attached hydrogens (primary N) is 1. The smallest absolute Gasteiger partial charge is 0.0752 e. The van der Waals surface area contributed by atoms with Crippen LogP contribution < -0.4 is 5.73 Å². The number of hydrogen-bond acceptors (Lipinski definition) is 2. The second-order valence-corrected chi connectivity index (χ2v) is 5.57. The van der Waals surface area contributed by atoms with E-state index in [1.54, 1.807) is 0 Å². The van der Waals surface area contributed by atoms with Crippen LogP contribution in [0.2, 0.25) is 5.02 Å². The average Bonchev–Trinajstić information content (AvgIpc) is 2.79. The number of pyridine rings is 1. The normalized spacial score (nSPS) is 16.0. The first-order valence-corrected chi connectivity index (χ1v) is 6.83. The molecule has 2 nitrogen and oxygen atoms in total. The highest BCUT2D eigenvalue weighted by molar-refractivity contribution is 6.32. The molecule has 3 heteroatoms. The van der Waals surface area contributed by atoms with Crippen molar-refractivity contribution in [2.24, 2.45) is 5.73 Å². The topological polar surface area (TPSA) is 38.9 Å². The molecule has 1 heterocycles. The van der Waals surface area contributed by atoms with E-state index in [1.165, 1.54) is 28.6 Å². The van der Waals surface area contributed by atoms with Crippen molar-refractivity contribution >= 4 is 22.5 Å². The van der Waals surface area contributed by atoms with Gasteiger partial charge in [0.05, 0.1) is 5.52 Å². The molecule has 0 bridgehead atoms. The maximum Gasteiger partial charge on any atom is 0.0752 e. The molecule has 0 spiro atoms. The van der Waals surface area contributed by atoms with Gasteiger partial charge in [-0.1, -0.05) is 17.7 Å². The molecule has 0 radical (unpaired) electrons. The molecule has 0 saturated carbocycles. The van der Waals surface area contributed by atoms with Crippen LogP contribution in [0.5, 0.6) is 0 Å². The number of hydrogen-bond donors (Lipinski definition) is 1. The maximum absolute atomic E-state index is 6.20. The zero-order chi connectivity index (χ0) is 12.9. The number of aromatic nitrogens is 1. The SMILES string of the molecule is Cc1c(Cl)ccc2c(C(C)N)c3c(nc12)CCC3. The predicted molar refractivity (Wildman–Crippen MR) is 76.1 cm³/mol. The number of aryl methyl sites for hydroxylation is 2. The third kappa shape index (κ3) is 1.63. The lowest BCUT2D eigenvalue weighted by Gasteiger charge is -2.17. The lowest BCUT2D eigenvalue weighted by Crippen LogP contribution is -2.10. The van der Waals surface area contributed by atoms with Gasteiger partial charge in [0.25, 0.3) is 0 Å². The Morgan fingerprint density at radius 3 is 2.83 bits per heavy atom. The van der Waals surface area contributed by atoms with Gasteiger partial charge in [-0.2, -0.15) is 0 Å². The summed E-state index contributed by atoms with van der Waals surface area (Å²) in [5.41, 5.74) is 12.1. The van der Waals surface area contributed by atoms with E-state index >= 15 is 0 Å². The van der Waals surface area contributed by atoms with Gasteiger partial charge in [-0.15, -0.1) is 0 Å². The number of fused-ring (bicyclic) bond motifs is 2. The summed E-state index contributed by atoms with van der Waals surface area (Å²) >= 11 is 6.20. The molecule has 0 fully saturated rings. The van der Waals surface area contributed by atoms with Crippen molar-refractivity contribution in [1.29, 1.82) is 0 Å². The first-order valence-electron chi connectivity index (χ1n) is 6.45. The first-order chi connectivity index (χ1) is 8.59. The molecular weight excluding hydrogens is 244 g/mol. The highest BCUT2D eigenvalue weighted by Crippen LogP contribution is 2.35. The van der Waals surface area contributed by atoms with Crippen LogP contribution >= 0.6 is 11.6 Å². The standard InChI is InChI=1S/C15H17ClN2/c1-8-12(16)7-6-11-14(9(2)17)10-4-3-5-13(10)18-15(8)11/h6-7,9H,3-5,17H2,1-2H3. The molecular formula is C15H17ClN2. The Balaban J connectivity index is 2.45. The quantitative estimate of drug-likeness (QED) is 0.849. The largest absolute Gasteiger partial charge is 0.324 e. The summed E-state index contributed by atoms with van der Waals surface area (Å²) in [5.74, 6) is 0. The molecule has 1 aromatic heterocycles. The van der Waals surface area contributed by atoms with Crippen molar-refractivity contribution < 1.29 is 0 Å². The molecule has 3 rings (SSSR count). The summed E-state index contributed by atoms with van der Waals surface area (Å²) in [6.07, 6.45) is 3.36. The van der Waals surface area contributed by atoms with Gasteiger partial charge in [-0.3, -0.25) is 4.98 Å². The van der Waals surface area contributed by atoms with E-state index in [9.17, 15) is 0 Å². The lowest BCUT2D eigenvalue weighted by atomic mass is 9.95. The second kappa shape index (κ2) is 4.22. The van der Waals surface area contributed by atoms with Gasteiger partial charge in [-0.25, -0.2) is 0 Å². The van der Waals surface area contributed by atoms with Crippen LogP contribution in [0.15, 0.2) is 12.1 Å². The minimum Gasteiger partial charge on any atom is -0.324 e. The summed E-state index contributed by atoms with van der Waals surface area (Å²) in [7, 11) is 0. The van der Waals surface area contributed by atoms with Crippen molar-refractivity contribution in [2.45, 2.75) is 39.2 Å². The molecule has 1 aromatic carbocycles. The molecule has 1 aliphatic carbocycles. The van der Waals surface area contributed by atoms with Gasteiger partial charge in [0, 0.05) is 22.1 Å². The van der Waals surface area contributed by atoms with Crippen LogP contribution in [-0.4, -0.2) is 4.98 Å². The van der Waals surface area contributed by atoms with Gasteiger partial charge in [-0.05, 0) is 55.9 Å². The van der Waals surface area contributed by atoms with Crippen molar-refractivity contribution in [2.75, 3.05) is 0 Å². The predicted octanol–water partition coefficient (Wildman–Crippen LogP) is 3.71. The highest BCUT2D eigenvalue weighted by atomic mass is 35.5. The van der Waals surface area contributed by atoms with Crippen LogP contribution in [0.1, 0.15) is 41.8 Å². The van der Waals surface area contributed by atoms with E-state index < -0.39 is 0 Å². The minimum absolute atomic E-state index is 0.0444. The molecule has 0 aliphatic heterocycles. The summed E-state index contributed by atoms with van der Waals surface area (Å²) in [6, 6.07) is 4.06. The van der Waals surface area contributed by atoms with Crippen LogP contribution in [0, 0.1) is 6.92 Å². The molecule has 18 heavy (non-hydrogen) atoms. The summed E-state index contributed by atoms with van der Waals surface area (Å²) in [4.78, 5) is 4.82. The fourth-order valence-corrected chi connectivity index (χ4v) is 3.15. The minimum atomic E-state index is 0.0444. The summed E-state index contributed by atoms with van der Waals surface area (Å²) in [6.45, 7) is 4.08. The second-order valence-electron chi connectivity index (χ2n) is 5.16. The highest BCUT2D eigenvalue weighted by Gasteiger charge is 2.22. The lowest BCUT2D eigenvalue weighted by molar-refractivity contribution is 0.806. The van der Waals surface area contributed by atoms with Crippen LogP contribution in [0.3, 0.4) is 0 Å². The summed E-state index contributed by atoms with van der Waals surface area (Å²) < 4.78 is 0. The number of halogens is 1. The third-order valence-corrected chi connectivity index (χ3v) is 4.28. The van der Waals surface area contributed by atoms with E-state index in [1.807, 2.05) is 13.0 Å². The summed E-state index contributed by atoms with van der Waals surface area (Å²) in [5, 5.41) is 1.95. The monoisotopic (exact) mass is 260 g/mol. The van der Waals surface area contributed by atoms with E-state index in [4.69, 9.17) is 22.3 Å². The van der Waals surface area contributed by atoms with Crippen LogP contribution in [0.25, 0.3) is 10.9 Å². The van der Waals surface area contributed by atoms with Crippen LogP contribution in [0.4, 0.5) is 0 Å². The molecule has 1 atom stereocenters.